The fourth-order valence-electron chi connectivity index (χ4n) is 4.64. The summed E-state index contributed by atoms with van der Waals surface area (Å²) in [6.45, 7) is 2.22. The zero-order valence-electron chi connectivity index (χ0n) is 19.1. The van der Waals surface area contributed by atoms with E-state index in [9.17, 15) is 31.5 Å². The number of amides is 2. The number of carbonyl (C=O) groups is 2. The van der Waals surface area contributed by atoms with Gasteiger partial charge in [-0.05, 0) is 43.5 Å². The maximum atomic E-state index is 14.7. The van der Waals surface area contributed by atoms with Crippen LogP contribution in [0, 0.1) is 17.6 Å². The molecule has 0 spiro atoms. The Morgan fingerprint density at radius 1 is 1.19 bits per heavy atom. The molecule has 194 valence electrons. The standard InChI is InChI=1S/C24H23ClF5N3O3/c1-2-14-3-4-19(33(14)23(35)12-5-6-31-20(7-12)24(28,29)30)22(34)32-21(13-10-36-11-13)15-8-18(27)16(25)9-17(15)26/h5-9,13-14,19,21H,2-4,10-11H2,1H3,(H,32,34)/t14-,19-,21?/m1/s1. The third-order valence-corrected chi connectivity index (χ3v) is 6.91. The highest BCUT2D eigenvalue weighted by Gasteiger charge is 2.43. The predicted octanol–water partition coefficient (Wildman–Crippen LogP) is 4.92. The van der Waals surface area contributed by atoms with Crippen molar-refractivity contribution in [3.05, 3.63) is 63.9 Å². The second kappa shape index (κ2) is 10.3. The minimum Gasteiger partial charge on any atom is -0.381 e. The second-order valence-electron chi connectivity index (χ2n) is 8.87. The van der Waals surface area contributed by atoms with Gasteiger partial charge in [0.15, 0.2) is 0 Å². The number of nitrogens with one attached hydrogen (secondary N) is 1. The fraction of sp³-hybridized carbons (Fsp3) is 0.458. The molecule has 2 saturated heterocycles. The lowest BCUT2D eigenvalue weighted by molar-refractivity contribution is -0.141. The van der Waals surface area contributed by atoms with E-state index in [-0.39, 0.29) is 42.7 Å². The Balaban J connectivity index is 1.61. The zero-order valence-corrected chi connectivity index (χ0v) is 19.9. The zero-order chi connectivity index (χ0) is 26.2. The van der Waals surface area contributed by atoms with Gasteiger partial charge in [-0.25, -0.2) is 8.78 Å². The maximum absolute atomic E-state index is 14.7. The van der Waals surface area contributed by atoms with Gasteiger partial charge in [0.2, 0.25) is 5.91 Å². The van der Waals surface area contributed by atoms with E-state index in [1.54, 1.807) is 6.92 Å². The number of likely N-dealkylation sites (tertiary alicyclic amines) is 1. The average molecular weight is 532 g/mol. The number of nitrogens with zero attached hydrogens (tertiary/aromatic N) is 2. The first kappa shape index (κ1) is 26.3. The van der Waals surface area contributed by atoms with Crippen molar-refractivity contribution in [3.8, 4) is 0 Å². The highest BCUT2D eigenvalue weighted by atomic mass is 35.5. The summed E-state index contributed by atoms with van der Waals surface area (Å²) >= 11 is 5.66. The van der Waals surface area contributed by atoms with Crippen LogP contribution in [0.5, 0.6) is 0 Å². The molecule has 0 bridgehead atoms. The number of rotatable bonds is 6. The van der Waals surface area contributed by atoms with Gasteiger partial charge >= 0.3 is 6.18 Å². The van der Waals surface area contributed by atoms with Crippen LogP contribution in [-0.2, 0) is 15.7 Å². The first-order valence-corrected chi connectivity index (χ1v) is 11.8. The first-order chi connectivity index (χ1) is 17.0. The van der Waals surface area contributed by atoms with E-state index in [1.807, 2.05) is 0 Å². The number of benzene rings is 1. The monoisotopic (exact) mass is 531 g/mol. The topological polar surface area (TPSA) is 71.5 Å². The molecule has 2 aliphatic rings. The number of pyridine rings is 1. The summed E-state index contributed by atoms with van der Waals surface area (Å²) in [7, 11) is 0. The molecular weight excluding hydrogens is 509 g/mol. The van der Waals surface area contributed by atoms with Crippen molar-refractivity contribution in [2.24, 2.45) is 5.92 Å². The molecule has 2 aromatic rings. The van der Waals surface area contributed by atoms with Crippen LogP contribution in [0.25, 0.3) is 0 Å². The van der Waals surface area contributed by atoms with Crippen molar-refractivity contribution in [1.29, 1.82) is 0 Å². The van der Waals surface area contributed by atoms with Crippen LogP contribution < -0.4 is 5.32 Å². The number of aromatic nitrogens is 1. The lowest BCUT2D eigenvalue weighted by atomic mass is 9.90. The van der Waals surface area contributed by atoms with E-state index in [4.69, 9.17) is 16.3 Å². The average Bonchev–Trinajstić information content (AvgIpc) is 3.23. The molecule has 1 unspecified atom stereocenters. The molecule has 2 amide bonds. The van der Waals surface area contributed by atoms with Gasteiger partial charge in [0.1, 0.15) is 23.4 Å². The Labute approximate surface area is 208 Å². The Kier molecular flexibility index (Phi) is 7.51. The normalized spacial score (nSPS) is 21.2. The molecule has 1 N–H and O–H groups in total. The van der Waals surface area contributed by atoms with Crippen molar-refractivity contribution < 1.29 is 36.3 Å². The highest BCUT2D eigenvalue weighted by Crippen LogP contribution is 2.35. The van der Waals surface area contributed by atoms with E-state index in [0.29, 0.717) is 18.9 Å². The van der Waals surface area contributed by atoms with Crippen LogP contribution in [0.4, 0.5) is 22.0 Å². The molecule has 2 aliphatic heterocycles. The van der Waals surface area contributed by atoms with Gasteiger partial charge in [-0.1, -0.05) is 18.5 Å². The van der Waals surface area contributed by atoms with E-state index in [0.717, 1.165) is 24.4 Å². The van der Waals surface area contributed by atoms with Gasteiger partial charge in [-0.15, -0.1) is 0 Å². The molecule has 6 nitrogen and oxygen atoms in total. The van der Waals surface area contributed by atoms with Crippen molar-refractivity contribution in [2.45, 2.75) is 50.5 Å². The number of hydrogen-bond donors (Lipinski definition) is 1. The molecule has 36 heavy (non-hydrogen) atoms. The van der Waals surface area contributed by atoms with Gasteiger partial charge in [-0.2, -0.15) is 13.2 Å². The molecular formula is C24H23ClF5N3O3. The first-order valence-electron chi connectivity index (χ1n) is 11.4. The summed E-state index contributed by atoms with van der Waals surface area (Å²) in [6, 6.07) is 1.22. The summed E-state index contributed by atoms with van der Waals surface area (Å²) in [5, 5.41) is 2.32. The van der Waals surface area contributed by atoms with E-state index in [2.05, 4.69) is 10.3 Å². The van der Waals surface area contributed by atoms with Crippen LogP contribution in [0.2, 0.25) is 5.02 Å². The highest BCUT2D eigenvalue weighted by molar-refractivity contribution is 6.30. The number of ether oxygens (including phenoxy) is 1. The van der Waals surface area contributed by atoms with E-state index < -0.39 is 52.4 Å². The van der Waals surface area contributed by atoms with Gasteiger partial charge in [0.25, 0.3) is 5.91 Å². The summed E-state index contributed by atoms with van der Waals surface area (Å²) in [6.07, 6.45) is -2.65. The molecule has 1 aromatic heterocycles. The second-order valence-corrected chi connectivity index (χ2v) is 9.27. The summed E-state index contributed by atoms with van der Waals surface area (Å²) in [4.78, 5) is 31.3. The molecule has 0 radical (unpaired) electrons. The Bertz CT molecular complexity index is 1160. The Morgan fingerprint density at radius 3 is 2.53 bits per heavy atom. The lowest BCUT2D eigenvalue weighted by Gasteiger charge is -2.36. The molecule has 0 saturated carbocycles. The van der Waals surface area contributed by atoms with Crippen LogP contribution in [-0.4, -0.2) is 47.0 Å². The molecule has 1 aromatic carbocycles. The van der Waals surface area contributed by atoms with Crippen molar-refractivity contribution >= 4 is 23.4 Å². The van der Waals surface area contributed by atoms with Crippen LogP contribution in [0.15, 0.2) is 30.5 Å². The smallest absolute Gasteiger partial charge is 0.381 e. The van der Waals surface area contributed by atoms with E-state index in [1.165, 1.54) is 4.90 Å². The lowest BCUT2D eigenvalue weighted by Crippen LogP contribution is -2.52. The van der Waals surface area contributed by atoms with Crippen molar-refractivity contribution in [2.75, 3.05) is 13.2 Å². The number of hydrogen-bond acceptors (Lipinski definition) is 4. The van der Waals surface area contributed by atoms with Crippen molar-refractivity contribution in [3.63, 3.8) is 0 Å². The molecule has 0 aliphatic carbocycles. The van der Waals surface area contributed by atoms with Crippen LogP contribution >= 0.6 is 11.6 Å². The summed E-state index contributed by atoms with van der Waals surface area (Å²) in [5.74, 6) is -3.35. The van der Waals surface area contributed by atoms with Gasteiger partial charge in [0.05, 0.1) is 24.3 Å². The molecule has 3 heterocycles. The molecule has 3 atom stereocenters. The van der Waals surface area contributed by atoms with Gasteiger partial charge < -0.3 is 15.0 Å². The summed E-state index contributed by atoms with van der Waals surface area (Å²) in [5.41, 5.74) is -1.57. The number of carbonyl (C=O) groups excluding carboxylic acids is 2. The molecule has 12 heteroatoms. The van der Waals surface area contributed by atoms with Crippen LogP contribution in [0.3, 0.4) is 0 Å². The van der Waals surface area contributed by atoms with Crippen LogP contribution in [0.1, 0.15) is 53.8 Å². The fourth-order valence-corrected chi connectivity index (χ4v) is 4.79. The minimum atomic E-state index is -4.74. The maximum Gasteiger partial charge on any atom is 0.433 e. The third-order valence-electron chi connectivity index (χ3n) is 6.62. The third kappa shape index (κ3) is 5.17. The number of alkyl halides is 3. The van der Waals surface area contributed by atoms with Crippen molar-refractivity contribution in [1.82, 2.24) is 15.2 Å². The Morgan fingerprint density at radius 2 is 1.92 bits per heavy atom. The van der Waals surface area contributed by atoms with E-state index >= 15 is 0 Å². The largest absolute Gasteiger partial charge is 0.433 e. The quantitative estimate of drug-likeness (QED) is 0.424. The Hall–Kier alpha value is -2.79. The minimum absolute atomic E-state index is 0.106. The van der Waals surface area contributed by atoms with Gasteiger partial charge in [-0.3, -0.25) is 14.6 Å². The number of halogens is 6. The molecule has 2 fully saturated rings. The summed E-state index contributed by atoms with van der Waals surface area (Å²) < 4.78 is 73.4. The predicted molar refractivity (Wildman–Crippen MR) is 119 cm³/mol. The molecule has 4 rings (SSSR count). The van der Waals surface area contributed by atoms with Gasteiger partial charge in [0, 0.05) is 29.3 Å². The SMILES string of the molecule is CC[C@@H]1CC[C@H](C(=O)NC(c2cc(F)c(Cl)cc2F)C2COC2)N1C(=O)c1ccnc(C(F)(F)F)c1.